The lowest BCUT2D eigenvalue weighted by atomic mass is 10.0. The highest BCUT2D eigenvalue weighted by atomic mass is 79.9. The first-order valence-corrected chi connectivity index (χ1v) is 16.2. The minimum atomic E-state index is -1.21. The zero-order valence-electron chi connectivity index (χ0n) is 24.2. The third-order valence-corrected chi connectivity index (χ3v) is 10.1. The Hall–Kier alpha value is -2.86. The van der Waals surface area contributed by atoms with Gasteiger partial charge in [-0.05, 0) is 66.2 Å². The van der Waals surface area contributed by atoms with Crippen LogP contribution in [0.15, 0.2) is 53.1 Å². The Kier molecular flexibility index (Phi) is 9.18. The van der Waals surface area contributed by atoms with Gasteiger partial charge in [-0.25, -0.2) is 4.98 Å². The van der Waals surface area contributed by atoms with Gasteiger partial charge in [-0.3, -0.25) is 10.00 Å². The third-order valence-electron chi connectivity index (χ3n) is 8.05. The fourth-order valence-corrected chi connectivity index (χ4v) is 7.10. The Labute approximate surface area is 256 Å². The number of nitrogens with zero attached hydrogens (tertiary/aromatic N) is 6. The summed E-state index contributed by atoms with van der Waals surface area (Å²) in [7, 11) is 4.30. The summed E-state index contributed by atoms with van der Waals surface area (Å²) >= 11 is 3.58. The first-order chi connectivity index (χ1) is 20.5. The average Bonchev–Trinajstić information content (AvgIpc) is 3.44. The zero-order valence-corrected chi connectivity index (χ0v) is 26.7. The SMILES string of the molecule is COP(OC)c1ccccc1Nc1nc(Nc2ccc3c(N4CCC(N5CCN(C)CC5)CC4)n[nH]c3c2)ncc1Br. The number of halogens is 1. The molecule has 6 rings (SSSR count). The maximum Gasteiger partial charge on any atom is 0.229 e. The number of piperidine rings is 1. The molecule has 3 N–H and O–H groups in total. The van der Waals surface area contributed by atoms with Gasteiger partial charge in [0.1, 0.15) is 5.82 Å². The molecule has 2 aliphatic rings. The molecule has 2 aromatic heterocycles. The first-order valence-electron chi connectivity index (χ1n) is 14.2. The number of aromatic amines is 1. The molecule has 4 heterocycles. The van der Waals surface area contributed by atoms with Gasteiger partial charge in [-0.15, -0.1) is 0 Å². The van der Waals surface area contributed by atoms with Crippen molar-refractivity contribution in [2.24, 2.45) is 0 Å². The monoisotopic (exact) mass is 653 g/mol. The van der Waals surface area contributed by atoms with Gasteiger partial charge >= 0.3 is 0 Å². The van der Waals surface area contributed by atoms with Crippen LogP contribution in [0.2, 0.25) is 0 Å². The Morgan fingerprint density at radius 2 is 1.74 bits per heavy atom. The van der Waals surface area contributed by atoms with Crippen LogP contribution < -0.4 is 20.8 Å². The van der Waals surface area contributed by atoms with E-state index in [4.69, 9.17) is 19.1 Å². The molecule has 0 amide bonds. The van der Waals surface area contributed by atoms with E-state index in [1.807, 2.05) is 24.3 Å². The van der Waals surface area contributed by atoms with E-state index in [0.29, 0.717) is 17.8 Å². The molecule has 0 saturated carbocycles. The number of hydrogen-bond acceptors (Lipinski definition) is 10. The molecule has 222 valence electrons. The molecule has 2 aromatic carbocycles. The smallest absolute Gasteiger partial charge is 0.229 e. The van der Waals surface area contributed by atoms with Gasteiger partial charge < -0.3 is 29.5 Å². The van der Waals surface area contributed by atoms with E-state index < -0.39 is 8.38 Å². The summed E-state index contributed by atoms with van der Waals surface area (Å²) in [5, 5.41) is 16.8. The second kappa shape index (κ2) is 13.2. The Morgan fingerprint density at radius 3 is 2.50 bits per heavy atom. The van der Waals surface area contributed by atoms with Crippen LogP contribution in [0.3, 0.4) is 0 Å². The summed E-state index contributed by atoms with van der Waals surface area (Å²) in [6.07, 6.45) is 4.09. The number of benzene rings is 2. The number of hydrogen-bond donors (Lipinski definition) is 3. The topological polar surface area (TPSA) is 107 Å². The average molecular weight is 655 g/mol. The van der Waals surface area contributed by atoms with Crippen LogP contribution in [0.25, 0.3) is 10.9 Å². The highest BCUT2D eigenvalue weighted by Crippen LogP contribution is 2.39. The molecule has 0 aliphatic carbocycles. The lowest BCUT2D eigenvalue weighted by Crippen LogP contribution is -2.52. The molecule has 2 fully saturated rings. The lowest BCUT2D eigenvalue weighted by Gasteiger charge is -2.42. The van der Waals surface area contributed by atoms with Crippen LogP contribution >= 0.6 is 24.3 Å². The number of para-hydroxylation sites is 1. The number of piperazine rings is 1. The largest absolute Gasteiger partial charge is 0.355 e. The van der Waals surface area contributed by atoms with Crippen molar-refractivity contribution in [1.29, 1.82) is 0 Å². The van der Waals surface area contributed by atoms with Crippen LogP contribution in [0, 0.1) is 0 Å². The standard InChI is InChI=1S/C29H37BrN9O2P/c1-37-14-16-38(17-15-37)21-10-12-39(13-11-21)28-22-9-8-20(18-25(22)35-36-28)32-29-31-19-23(30)27(34-29)33-24-6-4-5-7-26(24)42(40-2)41-3/h4-9,18-19,21H,10-17H2,1-3H3,(H,35,36)(H2,31,32,33,34). The fraction of sp³-hybridized carbons (Fsp3) is 0.414. The quantitative estimate of drug-likeness (QED) is 0.213. The molecule has 0 atom stereocenters. The maximum atomic E-state index is 5.54. The van der Waals surface area contributed by atoms with E-state index in [2.05, 4.69) is 76.6 Å². The van der Waals surface area contributed by atoms with E-state index in [0.717, 1.165) is 51.0 Å². The van der Waals surface area contributed by atoms with E-state index >= 15 is 0 Å². The Morgan fingerprint density at radius 1 is 0.976 bits per heavy atom. The Balaban J connectivity index is 1.13. The number of aromatic nitrogens is 4. The predicted octanol–water partition coefficient (Wildman–Crippen LogP) is 5.05. The van der Waals surface area contributed by atoms with Gasteiger partial charge in [0, 0.05) is 76.8 Å². The third kappa shape index (κ3) is 6.39. The van der Waals surface area contributed by atoms with Crippen LogP contribution in [-0.2, 0) is 9.05 Å². The molecule has 2 aliphatic heterocycles. The Bertz CT molecular complexity index is 1500. The summed E-state index contributed by atoms with van der Waals surface area (Å²) in [5.41, 5.74) is 2.71. The van der Waals surface area contributed by atoms with Gasteiger partial charge in [-0.2, -0.15) is 10.1 Å². The molecular formula is C29H37BrN9O2P. The number of fused-ring (bicyclic) bond motifs is 1. The summed E-state index contributed by atoms with van der Waals surface area (Å²) < 4.78 is 11.8. The molecule has 0 spiro atoms. The lowest BCUT2D eigenvalue weighted by molar-refractivity contribution is 0.0981. The number of rotatable bonds is 9. The van der Waals surface area contributed by atoms with Gasteiger partial charge in [-0.1, -0.05) is 12.1 Å². The summed E-state index contributed by atoms with van der Waals surface area (Å²) in [6.45, 7) is 6.75. The van der Waals surface area contributed by atoms with Crippen molar-refractivity contribution < 1.29 is 9.05 Å². The van der Waals surface area contributed by atoms with E-state index in [1.54, 1.807) is 20.4 Å². The minimum absolute atomic E-state index is 0.476. The van der Waals surface area contributed by atoms with Crippen molar-refractivity contribution >= 4 is 69.5 Å². The summed E-state index contributed by atoms with van der Waals surface area (Å²) in [6, 6.07) is 14.8. The molecule has 0 bridgehead atoms. The zero-order chi connectivity index (χ0) is 29.1. The molecule has 13 heteroatoms. The van der Waals surface area contributed by atoms with Crippen molar-refractivity contribution in [3.63, 3.8) is 0 Å². The molecule has 42 heavy (non-hydrogen) atoms. The van der Waals surface area contributed by atoms with Gasteiger partial charge in [0.05, 0.1) is 21.0 Å². The highest BCUT2D eigenvalue weighted by Gasteiger charge is 2.28. The number of likely N-dealkylation sites (N-methyl/N-ethyl adjacent to an activating group) is 1. The van der Waals surface area contributed by atoms with Crippen LogP contribution in [0.1, 0.15) is 12.8 Å². The molecule has 0 unspecified atom stereocenters. The van der Waals surface area contributed by atoms with E-state index in [-0.39, 0.29) is 0 Å². The van der Waals surface area contributed by atoms with Gasteiger partial charge in [0.15, 0.2) is 5.82 Å². The summed E-state index contributed by atoms with van der Waals surface area (Å²) in [5.74, 6) is 2.14. The van der Waals surface area contributed by atoms with Crippen LogP contribution in [-0.4, -0.2) is 96.5 Å². The van der Waals surface area contributed by atoms with E-state index in [1.165, 1.54) is 39.0 Å². The van der Waals surface area contributed by atoms with Crippen molar-refractivity contribution in [2.75, 3.05) is 76.1 Å². The van der Waals surface area contributed by atoms with Crippen molar-refractivity contribution in [2.45, 2.75) is 18.9 Å². The minimum Gasteiger partial charge on any atom is -0.355 e. The van der Waals surface area contributed by atoms with E-state index in [9.17, 15) is 0 Å². The van der Waals surface area contributed by atoms with Crippen LogP contribution in [0.5, 0.6) is 0 Å². The van der Waals surface area contributed by atoms with Crippen molar-refractivity contribution in [1.82, 2.24) is 30.0 Å². The number of nitrogens with one attached hydrogen (secondary N) is 3. The van der Waals surface area contributed by atoms with Crippen molar-refractivity contribution in [3.8, 4) is 0 Å². The molecule has 0 radical (unpaired) electrons. The molecule has 2 saturated heterocycles. The second-order valence-corrected chi connectivity index (χ2v) is 13.2. The number of anilines is 5. The van der Waals surface area contributed by atoms with Gasteiger partial charge in [0.2, 0.25) is 14.3 Å². The van der Waals surface area contributed by atoms with Gasteiger partial charge in [0.25, 0.3) is 0 Å². The fourth-order valence-electron chi connectivity index (χ4n) is 5.74. The summed E-state index contributed by atoms with van der Waals surface area (Å²) in [4.78, 5) is 16.7. The molecule has 4 aromatic rings. The molecule has 11 nitrogen and oxygen atoms in total. The predicted molar refractivity (Wildman–Crippen MR) is 174 cm³/mol. The van der Waals surface area contributed by atoms with Crippen LogP contribution in [0.4, 0.5) is 29.0 Å². The second-order valence-electron chi connectivity index (χ2n) is 10.6. The number of H-pyrrole nitrogens is 1. The van der Waals surface area contributed by atoms with Crippen molar-refractivity contribution in [3.05, 3.63) is 53.1 Å². The maximum absolute atomic E-state index is 5.54. The highest BCUT2D eigenvalue weighted by molar-refractivity contribution is 9.10. The normalized spacial score (nSPS) is 17.3. The molecular weight excluding hydrogens is 617 g/mol. The first kappa shape index (κ1) is 29.2.